The molecule has 0 saturated carbocycles. The predicted octanol–water partition coefficient (Wildman–Crippen LogP) is 2.99. The maximum absolute atomic E-state index is 12.3. The zero-order valence-electron chi connectivity index (χ0n) is 13.0. The van der Waals surface area contributed by atoms with Gasteiger partial charge in [-0.2, -0.15) is 5.10 Å². The molecule has 0 aliphatic rings. The molecular formula is C17H16N4O2S. The lowest BCUT2D eigenvalue weighted by Crippen LogP contribution is -2.13. The van der Waals surface area contributed by atoms with Crippen LogP contribution in [0.4, 0.5) is 5.82 Å². The lowest BCUT2D eigenvalue weighted by Gasteiger charge is -2.08. The van der Waals surface area contributed by atoms with Crippen molar-refractivity contribution < 1.29 is 8.42 Å². The van der Waals surface area contributed by atoms with Crippen molar-refractivity contribution in [2.24, 2.45) is 0 Å². The number of pyridine rings is 1. The number of aromatic nitrogens is 3. The number of nitrogens with one attached hydrogen (secondary N) is 1. The van der Waals surface area contributed by atoms with Crippen LogP contribution in [0.2, 0.25) is 0 Å². The van der Waals surface area contributed by atoms with Crippen LogP contribution in [0.3, 0.4) is 0 Å². The van der Waals surface area contributed by atoms with Gasteiger partial charge in [0.1, 0.15) is 5.82 Å². The summed E-state index contributed by atoms with van der Waals surface area (Å²) in [5.74, 6) is 0.372. The zero-order valence-corrected chi connectivity index (χ0v) is 13.8. The first-order valence-electron chi connectivity index (χ1n) is 7.26. The Morgan fingerprint density at radius 1 is 1.08 bits per heavy atom. The van der Waals surface area contributed by atoms with E-state index in [1.165, 1.54) is 4.68 Å². The second kappa shape index (κ2) is 6.67. The number of anilines is 1. The summed E-state index contributed by atoms with van der Waals surface area (Å²) in [6.07, 6.45) is 4.79. The minimum Gasteiger partial charge on any atom is -0.265 e. The normalized spacial score (nSPS) is 11.7. The van der Waals surface area contributed by atoms with Gasteiger partial charge in [-0.15, -0.1) is 0 Å². The second-order valence-corrected chi connectivity index (χ2v) is 6.71. The van der Waals surface area contributed by atoms with Gasteiger partial charge in [-0.05, 0) is 30.7 Å². The van der Waals surface area contributed by atoms with Crippen molar-refractivity contribution in [1.82, 2.24) is 14.8 Å². The van der Waals surface area contributed by atoms with Gasteiger partial charge in [0, 0.05) is 18.5 Å². The van der Waals surface area contributed by atoms with Crippen LogP contribution in [-0.2, 0) is 10.0 Å². The van der Waals surface area contributed by atoms with Crippen molar-refractivity contribution in [3.63, 3.8) is 0 Å². The van der Waals surface area contributed by atoms with Crippen LogP contribution in [-0.4, -0.2) is 23.2 Å². The molecule has 0 amide bonds. The van der Waals surface area contributed by atoms with E-state index in [4.69, 9.17) is 0 Å². The van der Waals surface area contributed by atoms with Crippen molar-refractivity contribution in [3.8, 4) is 5.69 Å². The van der Waals surface area contributed by atoms with Crippen LogP contribution in [0, 0.1) is 6.92 Å². The highest BCUT2D eigenvalue weighted by Crippen LogP contribution is 2.18. The van der Waals surface area contributed by atoms with Crippen LogP contribution in [0.5, 0.6) is 0 Å². The summed E-state index contributed by atoms with van der Waals surface area (Å²) in [6, 6.07) is 14.4. The Bertz CT molecular complexity index is 949. The number of benzene rings is 1. The summed E-state index contributed by atoms with van der Waals surface area (Å²) in [6.45, 7) is 1.80. The third-order valence-electron chi connectivity index (χ3n) is 3.22. The third kappa shape index (κ3) is 3.88. The lowest BCUT2D eigenvalue weighted by molar-refractivity contribution is 0.609. The van der Waals surface area contributed by atoms with Crippen molar-refractivity contribution in [1.29, 1.82) is 0 Å². The van der Waals surface area contributed by atoms with E-state index in [-0.39, 0.29) is 0 Å². The van der Waals surface area contributed by atoms with Gasteiger partial charge in [-0.1, -0.05) is 30.3 Å². The first-order valence-corrected chi connectivity index (χ1v) is 8.81. The molecule has 0 atom stereocenters. The van der Waals surface area contributed by atoms with Crippen LogP contribution < -0.4 is 4.72 Å². The number of nitrogens with zero attached hydrogens (tertiary/aromatic N) is 3. The van der Waals surface area contributed by atoms with Crippen molar-refractivity contribution in [2.75, 3.05) is 4.72 Å². The van der Waals surface area contributed by atoms with Gasteiger partial charge in [0.25, 0.3) is 10.0 Å². The average molecular weight is 340 g/mol. The maximum Gasteiger partial charge on any atom is 0.256 e. The molecule has 2 aromatic heterocycles. The predicted molar refractivity (Wildman–Crippen MR) is 94.1 cm³/mol. The molecule has 6 nitrogen and oxygen atoms in total. The fraction of sp³-hybridized carbons (Fsp3) is 0.0588. The average Bonchev–Trinajstić information content (AvgIpc) is 2.94. The van der Waals surface area contributed by atoms with Gasteiger partial charge in [-0.25, -0.2) is 13.1 Å². The summed E-state index contributed by atoms with van der Waals surface area (Å²) in [4.78, 5) is 3.95. The minimum atomic E-state index is -3.66. The van der Waals surface area contributed by atoms with E-state index >= 15 is 0 Å². The van der Waals surface area contributed by atoms with E-state index in [1.807, 2.05) is 30.3 Å². The molecule has 122 valence electrons. The monoisotopic (exact) mass is 340 g/mol. The minimum absolute atomic E-state index is 0.372. The van der Waals surface area contributed by atoms with Crippen LogP contribution in [0.1, 0.15) is 11.3 Å². The van der Waals surface area contributed by atoms with E-state index in [0.29, 0.717) is 11.5 Å². The Labute approximate surface area is 140 Å². The summed E-state index contributed by atoms with van der Waals surface area (Å²) in [5, 5.41) is 5.46. The Hall–Kier alpha value is -2.93. The summed E-state index contributed by atoms with van der Waals surface area (Å²) in [7, 11) is -3.66. The molecule has 0 radical (unpaired) electrons. The highest BCUT2D eigenvalue weighted by molar-refractivity contribution is 7.95. The van der Waals surface area contributed by atoms with E-state index in [1.54, 1.807) is 43.6 Å². The third-order valence-corrected chi connectivity index (χ3v) is 4.21. The lowest BCUT2D eigenvalue weighted by atomic mass is 10.2. The molecule has 24 heavy (non-hydrogen) atoms. The van der Waals surface area contributed by atoms with Crippen molar-refractivity contribution in [3.05, 3.63) is 77.6 Å². The highest BCUT2D eigenvalue weighted by atomic mass is 32.2. The quantitative estimate of drug-likeness (QED) is 0.774. The fourth-order valence-electron chi connectivity index (χ4n) is 2.17. The summed E-state index contributed by atoms with van der Waals surface area (Å²) < 4.78 is 28.7. The van der Waals surface area contributed by atoms with Crippen LogP contribution >= 0.6 is 0 Å². The maximum atomic E-state index is 12.3. The van der Waals surface area contributed by atoms with Crippen LogP contribution in [0.25, 0.3) is 11.8 Å². The van der Waals surface area contributed by atoms with Gasteiger partial charge in [0.15, 0.2) is 0 Å². The SMILES string of the molecule is Cc1cc(NS(=O)(=O)/C=C/c2ccccc2)n(-c2ccncc2)n1. The summed E-state index contributed by atoms with van der Waals surface area (Å²) >= 11 is 0. The topological polar surface area (TPSA) is 76.9 Å². The second-order valence-electron chi connectivity index (χ2n) is 5.15. The van der Waals surface area contributed by atoms with E-state index in [9.17, 15) is 8.42 Å². The molecule has 7 heteroatoms. The number of hydrogen-bond acceptors (Lipinski definition) is 4. The molecule has 1 aromatic carbocycles. The molecule has 0 saturated heterocycles. The molecule has 0 bridgehead atoms. The Kier molecular flexibility index (Phi) is 4.43. The molecule has 0 aliphatic carbocycles. The van der Waals surface area contributed by atoms with E-state index in [2.05, 4.69) is 14.8 Å². The number of sulfonamides is 1. The fourth-order valence-corrected chi connectivity index (χ4v) is 3.01. The molecule has 3 aromatic rings. The molecule has 0 fully saturated rings. The van der Waals surface area contributed by atoms with Crippen LogP contribution in [0.15, 0.2) is 66.3 Å². The number of aryl methyl sites for hydroxylation is 1. The molecule has 0 spiro atoms. The molecule has 2 heterocycles. The molecule has 0 unspecified atom stereocenters. The standard InChI is InChI=1S/C17H16N4O2S/c1-14-13-17(21(19-14)16-7-10-18-11-8-16)20-24(22,23)12-9-15-5-3-2-4-6-15/h2-13,20H,1H3/b12-9+. The smallest absolute Gasteiger partial charge is 0.256 e. The molecular weight excluding hydrogens is 324 g/mol. The Morgan fingerprint density at radius 3 is 2.50 bits per heavy atom. The largest absolute Gasteiger partial charge is 0.265 e. The number of hydrogen-bond donors (Lipinski definition) is 1. The van der Waals surface area contributed by atoms with Gasteiger partial charge in [0.05, 0.1) is 16.8 Å². The van der Waals surface area contributed by atoms with Crippen molar-refractivity contribution in [2.45, 2.75) is 6.92 Å². The first-order chi connectivity index (χ1) is 11.5. The van der Waals surface area contributed by atoms with Gasteiger partial charge >= 0.3 is 0 Å². The number of rotatable bonds is 5. The molecule has 3 rings (SSSR count). The van der Waals surface area contributed by atoms with Gasteiger partial charge in [-0.3, -0.25) is 9.71 Å². The first kappa shape index (κ1) is 15.9. The van der Waals surface area contributed by atoms with E-state index in [0.717, 1.165) is 16.7 Å². The highest BCUT2D eigenvalue weighted by Gasteiger charge is 2.13. The zero-order chi connectivity index (χ0) is 17.0. The Balaban J connectivity index is 1.87. The summed E-state index contributed by atoms with van der Waals surface area (Å²) in [5.41, 5.74) is 2.24. The van der Waals surface area contributed by atoms with Crippen molar-refractivity contribution >= 4 is 21.9 Å². The Morgan fingerprint density at radius 2 is 1.79 bits per heavy atom. The molecule has 1 N–H and O–H groups in total. The molecule has 0 aliphatic heterocycles. The van der Waals surface area contributed by atoms with Gasteiger partial charge in [0.2, 0.25) is 0 Å². The van der Waals surface area contributed by atoms with Gasteiger partial charge < -0.3 is 0 Å². The van der Waals surface area contributed by atoms with E-state index < -0.39 is 10.0 Å².